The Morgan fingerprint density at radius 2 is 1.64 bits per heavy atom. The number of carbonyl (C=O) groups excluding carboxylic acids is 1. The van der Waals surface area contributed by atoms with Crippen LogP contribution in [0.25, 0.3) is 17.0 Å². The van der Waals surface area contributed by atoms with E-state index in [0.29, 0.717) is 23.4 Å². The molecule has 0 saturated carbocycles. The zero-order chi connectivity index (χ0) is 29.3. The minimum atomic E-state index is -0.460. The maximum absolute atomic E-state index is 13.0. The number of carbonyl (C=O) groups is 1. The largest absolute Gasteiger partial charge is 0.492 e. The van der Waals surface area contributed by atoms with Crippen molar-refractivity contribution < 1.29 is 14.3 Å². The fourth-order valence-corrected chi connectivity index (χ4v) is 5.59. The lowest BCUT2D eigenvalue weighted by Gasteiger charge is -2.20. The number of hydrogen-bond acceptors (Lipinski definition) is 6. The van der Waals surface area contributed by atoms with Crippen LogP contribution in [0.3, 0.4) is 0 Å². The summed E-state index contributed by atoms with van der Waals surface area (Å²) in [5, 5.41) is 16.7. The second-order valence-electron chi connectivity index (χ2n) is 11.0. The summed E-state index contributed by atoms with van der Waals surface area (Å²) in [6, 6.07) is 25.7. The topological polar surface area (TPSA) is 92.3 Å². The van der Waals surface area contributed by atoms with Crippen molar-refractivity contribution in [1.29, 1.82) is 5.41 Å². The summed E-state index contributed by atoms with van der Waals surface area (Å²) in [6.45, 7) is 7.91. The van der Waals surface area contributed by atoms with E-state index in [9.17, 15) is 4.79 Å². The predicted molar refractivity (Wildman–Crippen MR) is 170 cm³/mol. The first-order valence-corrected chi connectivity index (χ1v) is 14.6. The molecule has 3 heterocycles. The summed E-state index contributed by atoms with van der Waals surface area (Å²) < 4.78 is 14.0. The third-order valence-corrected chi connectivity index (χ3v) is 7.92. The average Bonchev–Trinajstić information content (AvgIpc) is 3.56. The monoisotopic (exact) mass is 577 g/mol. The quantitative estimate of drug-likeness (QED) is 0.235. The van der Waals surface area contributed by atoms with Gasteiger partial charge in [-0.3, -0.25) is 10.2 Å². The molecule has 0 saturated heterocycles. The van der Waals surface area contributed by atoms with Crippen LogP contribution in [0.15, 0.2) is 101 Å². The maximum Gasteiger partial charge on any atom is 0.283 e. The Bertz CT molecular complexity index is 1750. The van der Waals surface area contributed by atoms with Gasteiger partial charge in [0.05, 0.1) is 12.1 Å². The second-order valence-corrected chi connectivity index (χ2v) is 12.1. The number of fused-ring (bicyclic) bond motifs is 2. The number of hydrazone groups is 1. The third-order valence-electron chi connectivity index (χ3n) is 7.04. The van der Waals surface area contributed by atoms with Gasteiger partial charge in [-0.1, -0.05) is 69.3 Å². The Labute approximate surface area is 248 Å². The Morgan fingerprint density at radius 1 is 0.929 bits per heavy atom. The number of para-hydroxylation sites is 2. The van der Waals surface area contributed by atoms with Gasteiger partial charge >= 0.3 is 0 Å². The summed E-state index contributed by atoms with van der Waals surface area (Å²) in [5.41, 5.74) is 3.39. The van der Waals surface area contributed by atoms with Crippen molar-refractivity contribution in [3.63, 3.8) is 0 Å². The van der Waals surface area contributed by atoms with Crippen LogP contribution in [0.2, 0.25) is 0 Å². The van der Waals surface area contributed by atoms with Gasteiger partial charge in [0.1, 0.15) is 29.8 Å². The van der Waals surface area contributed by atoms with Gasteiger partial charge < -0.3 is 14.0 Å². The number of rotatable bonds is 8. The van der Waals surface area contributed by atoms with Crippen LogP contribution in [0.4, 0.5) is 0 Å². The number of amidine groups is 2. The molecule has 3 aromatic carbocycles. The Hall–Kier alpha value is -4.63. The van der Waals surface area contributed by atoms with Crippen LogP contribution in [-0.2, 0) is 16.8 Å². The third kappa shape index (κ3) is 5.73. The second kappa shape index (κ2) is 11.3. The summed E-state index contributed by atoms with van der Waals surface area (Å²) >= 11 is 1.24. The van der Waals surface area contributed by atoms with Gasteiger partial charge in [-0.25, -0.2) is 0 Å². The Balaban J connectivity index is 1.18. The van der Waals surface area contributed by atoms with E-state index in [1.165, 1.54) is 22.3 Å². The molecule has 6 rings (SSSR count). The van der Waals surface area contributed by atoms with Crippen LogP contribution in [0, 0.1) is 5.41 Å². The number of benzene rings is 3. The molecule has 0 fully saturated rings. The van der Waals surface area contributed by atoms with Crippen LogP contribution < -0.4 is 9.47 Å². The van der Waals surface area contributed by atoms with E-state index in [4.69, 9.17) is 14.9 Å². The molecule has 212 valence electrons. The number of nitrogens with zero attached hydrogens (tertiary/aromatic N) is 4. The zero-order valence-corrected chi connectivity index (χ0v) is 24.5. The molecule has 0 unspecified atom stereocenters. The molecule has 0 radical (unpaired) electrons. The maximum atomic E-state index is 13.0. The van der Waals surface area contributed by atoms with Gasteiger partial charge in [0, 0.05) is 22.7 Å². The molecule has 2 aliphatic rings. The average molecular weight is 578 g/mol. The smallest absolute Gasteiger partial charge is 0.283 e. The van der Waals surface area contributed by atoms with Gasteiger partial charge in [0.15, 0.2) is 5.84 Å². The molecule has 4 aromatic rings. The molecule has 0 bridgehead atoms. The van der Waals surface area contributed by atoms with Gasteiger partial charge in [-0.05, 0) is 59.1 Å². The van der Waals surface area contributed by atoms with Crippen LogP contribution in [0.5, 0.6) is 11.5 Å². The highest BCUT2D eigenvalue weighted by Crippen LogP contribution is 2.31. The lowest BCUT2D eigenvalue weighted by molar-refractivity contribution is -0.114. The van der Waals surface area contributed by atoms with Crippen molar-refractivity contribution in [3.8, 4) is 11.5 Å². The first-order valence-electron chi connectivity index (χ1n) is 13.7. The van der Waals surface area contributed by atoms with Gasteiger partial charge in [0.25, 0.3) is 5.91 Å². The molecule has 1 aromatic heterocycles. The van der Waals surface area contributed by atoms with Crippen LogP contribution in [0.1, 0.15) is 31.9 Å². The van der Waals surface area contributed by atoms with Crippen molar-refractivity contribution in [3.05, 3.63) is 102 Å². The zero-order valence-electron chi connectivity index (χ0n) is 23.7. The summed E-state index contributed by atoms with van der Waals surface area (Å²) in [6.07, 6.45) is 3.72. The molecule has 0 aliphatic carbocycles. The molecule has 2 aliphatic heterocycles. The van der Waals surface area contributed by atoms with Crippen molar-refractivity contribution in [2.75, 3.05) is 13.2 Å². The highest BCUT2D eigenvalue weighted by Gasteiger charge is 2.36. The molecule has 1 amide bonds. The number of amides is 1. The number of thioether (sulfide) groups is 1. The molecule has 9 heteroatoms. The van der Waals surface area contributed by atoms with Crippen molar-refractivity contribution in [2.24, 2.45) is 10.1 Å². The standard InChI is InChI=1S/C33H31N5O3S/c1-33(2,3)23-13-15-25(16-14-23)40-18-17-37-20-22(26-11-7-8-12-28(26)37)19-27-30(34)38-32(35-31(27)39)42-29(36-38)21-41-24-9-5-4-6-10-24/h4-16,19-20,34H,17-18,21H2,1-3H3/b27-19+,34-30?. The normalized spacial score (nSPS) is 16.1. The van der Waals surface area contributed by atoms with E-state index in [0.717, 1.165) is 28.0 Å². The number of aliphatic imine (C=N–C) groups is 1. The van der Waals surface area contributed by atoms with Gasteiger partial charge in [0.2, 0.25) is 5.17 Å². The summed E-state index contributed by atoms with van der Waals surface area (Å²) in [7, 11) is 0. The van der Waals surface area contributed by atoms with Crippen molar-refractivity contribution in [2.45, 2.75) is 32.7 Å². The number of ether oxygens (including phenoxy) is 2. The lowest BCUT2D eigenvalue weighted by atomic mass is 9.87. The number of nitrogens with one attached hydrogen (secondary N) is 1. The molecule has 1 N–H and O–H groups in total. The molecule has 8 nitrogen and oxygen atoms in total. The van der Waals surface area contributed by atoms with E-state index < -0.39 is 5.91 Å². The predicted octanol–water partition coefficient (Wildman–Crippen LogP) is 6.72. The van der Waals surface area contributed by atoms with Gasteiger partial charge in [-0.2, -0.15) is 15.1 Å². The summed E-state index contributed by atoms with van der Waals surface area (Å²) in [4.78, 5) is 17.3. The fraction of sp³-hybridized carbons (Fsp3) is 0.212. The van der Waals surface area contributed by atoms with E-state index in [-0.39, 0.29) is 23.4 Å². The first kappa shape index (κ1) is 27.5. The van der Waals surface area contributed by atoms with Crippen LogP contribution >= 0.6 is 11.8 Å². The minimum Gasteiger partial charge on any atom is -0.492 e. The number of hydrogen-bond donors (Lipinski definition) is 1. The summed E-state index contributed by atoms with van der Waals surface area (Å²) in [5.74, 6) is 1.08. The molecule has 42 heavy (non-hydrogen) atoms. The van der Waals surface area contributed by atoms with Crippen LogP contribution in [-0.4, -0.2) is 44.7 Å². The van der Waals surface area contributed by atoms with E-state index in [1.54, 1.807) is 6.08 Å². The highest BCUT2D eigenvalue weighted by atomic mass is 32.2. The van der Waals surface area contributed by atoms with Crippen molar-refractivity contribution in [1.82, 2.24) is 9.58 Å². The number of aromatic nitrogens is 1. The lowest BCUT2D eigenvalue weighted by Crippen LogP contribution is -2.35. The van der Waals surface area contributed by atoms with E-state index >= 15 is 0 Å². The van der Waals surface area contributed by atoms with Crippen molar-refractivity contribution >= 4 is 50.7 Å². The van der Waals surface area contributed by atoms with E-state index in [1.807, 2.05) is 72.9 Å². The minimum absolute atomic E-state index is 0.00826. The molecular weight excluding hydrogens is 546 g/mol. The fourth-order valence-electron chi connectivity index (χ4n) is 4.80. The first-order chi connectivity index (χ1) is 20.3. The SMILES string of the molecule is CC(C)(C)c1ccc(OCCn2cc(/C=C3\C(=N)N4N=C(COc5ccccc5)SC4=NC3=O)c3ccccc32)cc1. The highest BCUT2D eigenvalue weighted by molar-refractivity contribution is 8.27. The van der Waals surface area contributed by atoms with Gasteiger partial charge in [-0.15, -0.1) is 0 Å². The Morgan fingerprint density at radius 3 is 2.40 bits per heavy atom. The molecule has 0 atom stereocenters. The molecule has 0 spiro atoms. The van der Waals surface area contributed by atoms with E-state index in [2.05, 4.69) is 47.6 Å². The Kier molecular flexibility index (Phi) is 7.43. The molecular formula is C33H31N5O3S.